The lowest BCUT2D eigenvalue weighted by atomic mass is 10.1. The van der Waals surface area contributed by atoms with E-state index in [1.807, 2.05) is 77.3 Å². The van der Waals surface area contributed by atoms with E-state index < -0.39 is 0 Å². The van der Waals surface area contributed by atoms with Crippen LogP contribution in [0.15, 0.2) is 101 Å². The fourth-order valence-electron chi connectivity index (χ4n) is 3.36. The zero-order chi connectivity index (χ0) is 18.9. The minimum atomic E-state index is 0.371. The lowest BCUT2D eigenvalue weighted by Crippen LogP contribution is -1.87. The van der Waals surface area contributed by atoms with Gasteiger partial charge >= 0.3 is 5.84 Å². The standard InChI is InChI=1S/C23H15N3O2/c27-25-19-13-7-12-18(14-19)20-15-26-21(16-8-3-1-4-9-16)22(28-23(26)24-20)17-10-5-2-6-11-17/h1-15H. The van der Waals surface area contributed by atoms with Crippen LogP contribution >= 0.6 is 0 Å². The van der Waals surface area contributed by atoms with E-state index in [4.69, 9.17) is 4.42 Å². The molecule has 0 saturated heterocycles. The van der Waals surface area contributed by atoms with Crippen LogP contribution in [0.2, 0.25) is 0 Å². The van der Waals surface area contributed by atoms with Crippen molar-refractivity contribution < 1.29 is 4.42 Å². The summed E-state index contributed by atoms with van der Waals surface area (Å²) < 4.78 is 8.12. The van der Waals surface area contributed by atoms with Gasteiger partial charge in [-0.25, -0.2) is 0 Å². The molecular weight excluding hydrogens is 350 g/mol. The van der Waals surface area contributed by atoms with Crippen LogP contribution in [0.25, 0.3) is 39.7 Å². The summed E-state index contributed by atoms with van der Waals surface area (Å²) in [6, 6.07) is 27.1. The largest absolute Gasteiger partial charge is 0.422 e. The Kier molecular flexibility index (Phi) is 3.84. The molecule has 0 N–H and O–H groups in total. The van der Waals surface area contributed by atoms with Gasteiger partial charge in [-0.3, -0.25) is 4.40 Å². The Morgan fingerprint density at radius 2 is 1.46 bits per heavy atom. The number of rotatable bonds is 4. The first-order chi connectivity index (χ1) is 13.8. The minimum absolute atomic E-state index is 0.371. The Balaban J connectivity index is 1.74. The maximum absolute atomic E-state index is 10.9. The van der Waals surface area contributed by atoms with Crippen LogP contribution in [0.3, 0.4) is 0 Å². The van der Waals surface area contributed by atoms with Gasteiger partial charge in [0.25, 0.3) is 0 Å². The number of nitroso groups, excluding NO2 is 1. The van der Waals surface area contributed by atoms with Crippen molar-refractivity contribution in [2.24, 2.45) is 5.18 Å². The highest BCUT2D eigenvalue weighted by atomic mass is 16.4. The topological polar surface area (TPSA) is 59.9 Å². The molecule has 0 bridgehead atoms. The van der Waals surface area contributed by atoms with Crippen molar-refractivity contribution in [3.63, 3.8) is 0 Å². The molecule has 0 spiro atoms. The highest BCUT2D eigenvalue weighted by Gasteiger charge is 2.20. The van der Waals surface area contributed by atoms with E-state index in [0.717, 1.165) is 33.8 Å². The number of fused-ring (bicyclic) bond motifs is 1. The van der Waals surface area contributed by atoms with Crippen molar-refractivity contribution in [2.45, 2.75) is 0 Å². The van der Waals surface area contributed by atoms with E-state index in [9.17, 15) is 4.91 Å². The predicted molar refractivity (Wildman–Crippen MR) is 109 cm³/mol. The second-order valence-corrected chi connectivity index (χ2v) is 6.43. The van der Waals surface area contributed by atoms with Crippen molar-refractivity contribution >= 4 is 11.5 Å². The highest BCUT2D eigenvalue weighted by Crippen LogP contribution is 2.36. The van der Waals surface area contributed by atoms with Gasteiger partial charge in [0.2, 0.25) is 0 Å². The van der Waals surface area contributed by atoms with Crippen LogP contribution in [-0.4, -0.2) is 9.38 Å². The maximum atomic E-state index is 10.9. The molecule has 0 radical (unpaired) electrons. The van der Waals surface area contributed by atoms with E-state index in [0.29, 0.717) is 11.5 Å². The molecule has 0 unspecified atom stereocenters. The van der Waals surface area contributed by atoms with Crippen LogP contribution in [0.1, 0.15) is 0 Å². The summed E-state index contributed by atoms with van der Waals surface area (Å²) in [4.78, 5) is 15.5. The highest BCUT2D eigenvalue weighted by molar-refractivity contribution is 5.80. The van der Waals surface area contributed by atoms with Gasteiger partial charge < -0.3 is 4.42 Å². The second-order valence-electron chi connectivity index (χ2n) is 6.43. The average molecular weight is 365 g/mol. The third-order valence-corrected chi connectivity index (χ3v) is 4.65. The zero-order valence-electron chi connectivity index (χ0n) is 14.8. The molecule has 5 aromatic rings. The number of oxazole rings is 1. The number of aromatic nitrogens is 2. The maximum Gasteiger partial charge on any atom is 0.307 e. The molecule has 5 rings (SSSR count). The molecule has 2 aromatic heterocycles. The molecule has 2 heterocycles. The average Bonchev–Trinajstić information content (AvgIpc) is 3.33. The minimum Gasteiger partial charge on any atom is -0.422 e. The Morgan fingerprint density at radius 3 is 2.18 bits per heavy atom. The molecule has 0 aliphatic rings. The van der Waals surface area contributed by atoms with Gasteiger partial charge in [-0.05, 0) is 17.3 Å². The van der Waals surface area contributed by atoms with E-state index in [1.165, 1.54) is 0 Å². The van der Waals surface area contributed by atoms with E-state index in [-0.39, 0.29) is 0 Å². The van der Waals surface area contributed by atoms with Crippen LogP contribution < -0.4 is 0 Å². The molecule has 28 heavy (non-hydrogen) atoms. The third kappa shape index (κ3) is 2.70. The Labute approximate surface area is 160 Å². The monoisotopic (exact) mass is 365 g/mol. The SMILES string of the molecule is O=Nc1cccc(-c2cn3c(-c4ccccc4)c(-c4ccccc4)oc3n2)c1. The smallest absolute Gasteiger partial charge is 0.307 e. The van der Waals surface area contributed by atoms with Crippen LogP contribution in [0.4, 0.5) is 5.69 Å². The summed E-state index contributed by atoms with van der Waals surface area (Å²) in [5.74, 6) is 1.27. The van der Waals surface area contributed by atoms with Crippen LogP contribution in [0, 0.1) is 4.91 Å². The molecule has 5 nitrogen and oxygen atoms in total. The summed E-state index contributed by atoms with van der Waals surface area (Å²) in [5.41, 5.74) is 4.87. The molecule has 0 amide bonds. The third-order valence-electron chi connectivity index (χ3n) is 4.65. The molecule has 3 aromatic carbocycles. The van der Waals surface area contributed by atoms with Gasteiger partial charge in [-0.2, -0.15) is 4.98 Å². The summed E-state index contributed by atoms with van der Waals surface area (Å²) in [6.07, 6.45) is 1.93. The Bertz CT molecular complexity index is 1270. The number of hydrogen-bond acceptors (Lipinski definition) is 4. The van der Waals surface area contributed by atoms with Gasteiger partial charge in [0, 0.05) is 22.9 Å². The Morgan fingerprint density at radius 1 is 0.786 bits per heavy atom. The van der Waals surface area contributed by atoms with E-state index in [1.54, 1.807) is 18.2 Å². The molecule has 5 heteroatoms. The van der Waals surface area contributed by atoms with Gasteiger partial charge in [-0.1, -0.05) is 72.8 Å². The molecule has 0 aliphatic heterocycles. The molecule has 0 atom stereocenters. The van der Waals surface area contributed by atoms with Gasteiger partial charge in [0.1, 0.15) is 11.4 Å². The van der Waals surface area contributed by atoms with Gasteiger partial charge in [0.15, 0.2) is 5.76 Å². The number of hydrogen-bond donors (Lipinski definition) is 0. The van der Waals surface area contributed by atoms with Gasteiger partial charge in [-0.15, -0.1) is 4.91 Å². The molecule has 0 aliphatic carbocycles. The van der Waals surface area contributed by atoms with Crippen LogP contribution in [-0.2, 0) is 0 Å². The first kappa shape index (κ1) is 16.2. The van der Waals surface area contributed by atoms with Crippen molar-refractivity contribution in [1.82, 2.24) is 9.38 Å². The van der Waals surface area contributed by atoms with Crippen molar-refractivity contribution in [1.29, 1.82) is 0 Å². The summed E-state index contributed by atoms with van der Waals surface area (Å²) in [6.45, 7) is 0. The molecule has 134 valence electrons. The first-order valence-electron chi connectivity index (χ1n) is 8.90. The number of benzene rings is 3. The van der Waals surface area contributed by atoms with Gasteiger partial charge in [0.05, 0.1) is 5.69 Å². The Hall–Kier alpha value is -3.99. The summed E-state index contributed by atoms with van der Waals surface area (Å²) in [5, 5.41) is 3.01. The first-order valence-corrected chi connectivity index (χ1v) is 8.90. The predicted octanol–water partition coefficient (Wildman–Crippen LogP) is 6.33. The molecule has 0 fully saturated rings. The van der Waals surface area contributed by atoms with Crippen LogP contribution in [0.5, 0.6) is 0 Å². The fraction of sp³-hybridized carbons (Fsp3) is 0. The molecular formula is C23H15N3O2. The van der Waals surface area contributed by atoms with E-state index >= 15 is 0 Å². The lowest BCUT2D eigenvalue weighted by Gasteiger charge is -2.04. The lowest BCUT2D eigenvalue weighted by molar-refractivity contribution is 0.611. The zero-order valence-corrected chi connectivity index (χ0v) is 14.8. The summed E-state index contributed by atoms with van der Waals surface area (Å²) >= 11 is 0. The van der Waals surface area contributed by atoms with Crippen molar-refractivity contribution in [2.75, 3.05) is 0 Å². The van der Waals surface area contributed by atoms with E-state index in [2.05, 4.69) is 10.2 Å². The fourth-order valence-corrected chi connectivity index (χ4v) is 3.36. The van der Waals surface area contributed by atoms with Crippen molar-refractivity contribution in [3.8, 4) is 33.8 Å². The second kappa shape index (κ2) is 6.63. The van der Waals surface area contributed by atoms with Crippen molar-refractivity contribution in [3.05, 3.63) is 96.0 Å². The molecule has 0 saturated carbocycles. The normalized spacial score (nSPS) is 11.0. The number of nitrogens with zero attached hydrogens (tertiary/aromatic N) is 3. The summed E-state index contributed by atoms with van der Waals surface area (Å²) in [7, 11) is 0. The quantitative estimate of drug-likeness (QED) is 0.350. The number of imidazole rings is 1.